The molecule has 0 aromatic heterocycles. The highest BCUT2D eigenvalue weighted by molar-refractivity contribution is 8.00. The molecular weight excluding hydrogens is 383 g/mol. The van der Waals surface area contributed by atoms with Gasteiger partial charge in [-0.2, -0.15) is 0 Å². The highest BCUT2D eigenvalue weighted by Crippen LogP contribution is 2.27. The number of rotatable bonds is 6. The number of nitro benzene ring substituents is 1. The fourth-order valence-corrected chi connectivity index (χ4v) is 3.65. The molecule has 5 nitrogen and oxygen atoms in total. The highest BCUT2D eigenvalue weighted by Gasteiger charge is 2.20. The molecule has 0 aliphatic rings. The van der Waals surface area contributed by atoms with E-state index in [1.165, 1.54) is 23.9 Å². The van der Waals surface area contributed by atoms with Crippen molar-refractivity contribution in [1.82, 2.24) is 4.90 Å². The lowest BCUT2D eigenvalue weighted by Gasteiger charge is -2.22. The first kappa shape index (κ1) is 19.6. The van der Waals surface area contributed by atoms with Gasteiger partial charge in [0.15, 0.2) is 0 Å². The summed E-state index contributed by atoms with van der Waals surface area (Å²) in [5.74, 6) is -0.0608. The Morgan fingerprint density at radius 3 is 2.44 bits per heavy atom. The second-order valence-electron chi connectivity index (χ2n) is 5.44. The quantitative estimate of drug-likeness (QED) is 0.388. The maximum absolute atomic E-state index is 12.5. The molecule has 8 heteroatoms. The van der Waals surface area contributed by atoms with Gasteiger partial charge in [-0.15, -0.1) is 11.8 Å². The number of halogens is 2. The molecule has 0 radical (unpaired) electrons. The molecule has 2 rings (SSSR count). The van der Waals surface area contributed by atoms with Crippen LogP contribution < -0.4 is 0 Å². The van der Waals surface area contributed by atoms with Crippen LogP contribution in [0.2, 0.25) is 10.0 Å². The van der Waals surface area contributed by atoms with Crippen molar-refractivity contribution in [3.05, 3.63) is 68.2 Å². The van der Waals surface area contributed by atoms with Gasteiger partial charge in [-0.3, -0.25) is 14.9 Å². The molecule has 0 N–H and O–H groups in total. The molecule has 2 aromatic carbocycles. The lowest BCUT2D eigenvalue weighted by molar-refractivity contribution is -0.384. The van der Waals surface area contributed by atoms with Gasteiger partial charge in [0.25, 0.3) is 5.69 Å². The van der Waals surface area contributed by atoms with Gasteiger partial charge in [0.2, 0.25) is 5.91 Å². The number of nitro groups is 1. The number of carbonyl (C=O) groups is 1. The highest BCUT2D eigenvalue weighted by atomic mass is 35.5. The summed E-state index contributed by atoms with van der Waals surface area (Å²) in [6.07, 6.45) is 0. The van der Waals surface area contributed by atoms with Crippen LogP contribution >= 0.6 is 35.0 Å². The normalized spacial score (nSPS) is 11.8. The van der Waals surface area contributed by atoms with Crippen LogP contribution in [0.5, 0.6) is 0 Å². The lowest BCUT2D eigenvalue weighted by Crippen LogP contribution is -2.32. The average molecular weight is 399 g/mol. The fraction of sp³-hybridized carbons (Fsp3) is 0.235. The summed E-state index contributed by atoms with van der Waals surface area (Å²) in [5, 5.41) is 11.4. The van der Waals surface area contributed by atoms with Gasteiger partial charge in [-0.05, 0) is 36.8 Å². The van der Waals surface area contributed by atoms with E-state index in [0.717, 1.165) is 10.5 Å². The van der Waals surface area contributed by atoms with Crippen molar-refractivity contribution in [3.63, 3.8) is 0 Å². The molecule has 0 fully saturated rings. The molecule has 25 heavy (non-hydrogen) atoms. The minimum atomic E-state index is -0.452. The Balaban J connectivity index is 1.99. The maximum Gasteiger partial charge on any atom is 0.269 e. The molecule has 0 aliphatic heterocycles. The van der Waals surface area contributed by atoms with E-state index in [9.17, 15) is 14.9 Å². The van der Waals surface area contributed by atoms with E-state index in [-0.39, 0.29) is 16.8 Å². The van der Waals surface area contributed by atoms with E-state index >= 15 is 0 Å². The van der Waals surface area contributed by atoms with Crippen LogP contribution in [0.4, 0.5) is 5.69 Å². The summed E-state index contributed by atoms with van der Waals surface area (Å²) in [7, 11) is 1.71. The minimum absolute atomic E-state index is 0.0258. The molecule has 1 atom stereocenters. The summed E-state index contributed by atoms with van der Waals surface area (Å²) in [6.45, 7) is 2.17. The van der Waals surface area contributed by atoms with Crippen molar-refractivity contribution in [2.45, 2.75) is 23.6 Å². The standard InChI is InChI=1S/C17H16Cl2N2O3S/c1-11(25-15-7-5-14(6-8-15)21(23)24)17(22)20(2)10-12-3-4-13(18)9-16(12)19/h3-9,11H,10H2,1-2H3. The first-order valence-electron chi connectivity index (χ1n) is 7.38. The van der Waals surface area contributed by atoms with Crippen LogP contribution in [0, 0.1) is 10.1 Å². The van der Waals surface area contributed by atoms with Crippen molar-refractivity contribution in [2.24, 2.45) is 0 Å². The predicted octanol–water partition coefficient (Wildman–Crippen LogP) is 5.04. The van der Waals surface area contributed by atoms with Crippen molar-refractivity contribution in [2.75, 3.05) is 7.05 Å². The minimum Gasteiger partial charge on any atom is -0.340 e. The zero-order valence-corrected chi connectivity index (χ0v) is 15.9. The number of thioether (sulfide) groups is 1. The van der Waals surface area contributed by atoms with Gasteiger partial charge in [0.05, 0.1) is 10.2 Å². The number of benzene rings is 2. The Kier molecular flexibility index (Phi) is 6.70. The summed E-state index contributed by atoms with van der Waals surface area (Å²) < 4.78 is 0. The molecule has 0 bridgehead atoms. The van der Waals surface area contributed by atoms with Crippen LogP contribution in [0.25, 0.3) is 0 Å². The molecule has 2 aromatic rings. The van der Waals surface area contributed by atoms with Gasteiger partial charge in [0.1, 0.15) is 0 Å². The Morgan fingerprint density at radius 1 is 1.24 bits per heavy atom. The first-order chi connectivity index (χ1) is 11.8. The van der Waals surface area contributed by atoms with Crippen molar-refractivity contribution in [1.29, 1.82) is 0 Å². The lowest BCUT2D eigenvalue weighted by atomic mass is 10.2. The Labute approximate surface area is 160 Å². The molecular formula is C17H16Cl2N2O3S. The van der Waals surface area contributed by atoms with Crippen molar-refractivity contribution in [3.8, 4) is 0 Å². The third-order valence-electron chi connectivity index (χ3n) is 3.51. The number of amides is 1. The zero-order valence-electron chi connectivity index (χ0n) is 13.6. The topological polar surface area (TPSA) is 63.5 Å². The SMILES string of the molecule is CC(Sc1ccc([N+](=O)[O-])cc1)C(=O)N(C)Cc1ccc(Cl)cc1Cl. The monoisotopic (exact) mass is 398 g/mol. The van der Waals surface area contributed by atoms with Crippen LogP contribution in [-0.4, -0.2) is 28.0 Å². The number of non-ortho nitro benzene ring substituents is 1. The molecule has 0 spiro atoms. The Morgan fingerprint density at radius 2 is 1.88 bits per heavy atom. The van der Waals surface area contributed by atoms with Gasteiger partial charge in [-0.25, -0.2) is 0 Å². The van der Waals surface area contributed by atoms with E-state index in [4.69, 9.17) is 23.2 Å². The van der Waals surface area contributed by atoms with E-state index in [2.05, 4.69) is 0 Å². The van der Waals surface area contributed by atoms with Gasteiger partial charge in [-0.1, -0.05) is 29.3 Å². The van der Waals surface area contributed by atoms with Gasteiger partial charge in [0, 0.05) is 40.7 Å². The molecule has 0 saturated carbocycles. The Bertz CT molecular complexity index is 784. The number of hydrogen-bond acceptors (Lipinski definition) is 4. The third kappa shape index (κ3) is 5.36. The Hall–Kier alpha value is -1.76. The van der Waals surface area contributed by atoms with Gasteiger partial charge >= 0.3 is 0 Å². The van der Waals surface area contributed by atoms with E-state index in [1.807, 2.05) is 0 Å². The fourth-order valence-electron chi connectivity index (χ4n) is 2.19. The molecule has 0 saturated heterocycles. The third-order valence-corrected chi connectivity index (χ3v) is 5.19. The summed E-state index contributed by atoms with van der Waals surface area (Å²) in [4.78, 5) is 25.1. The van der Waals surface area contributed by atoms with E-state index in [0.29, 0.717) is 16.6 Å². The second-order valence-corrected chi connectivity index (χ2v) is 7.70. The molecule has 0 heterocycles. The first-order valence-corrected chi connectivity index (χ1v) is 9.01. The van der Waals surface area contributed by atoms with Crippen molar-refractivity contribution < 1.29 is 9.72 Å². The maximum atomic E-state index is 12.5. The molecule has 1 unspecified atom stereocenters. The predicted molar refractivity (Wildman–Crippen MR) is 101 cm³/mol. The van der Waals surface area contributed by atoms with Crippen LogP contribution in [0.3, 0.4) is 0 Å². The second kappa shape index (κ2) is 8.56. The van der Waals surface area contributed by atoms with E-state index in [1.54, 1.807) is 49.2 Å². The number of hydrogen-bond donors (Lipinski definition) is 0. The summed E-state index contributed by atoms with van der Waals surface area (Å²) in [5.41, 5.74) is 0.840. The van der Waals surface area contributed by atoms with Crippen LogP contribution in [-0.2, 0) is 11.3 Å². The zero-order chi connectivity index (χ0) is 18.6. The van der Waals surface area contributed by atoms with Gasteiger partial charge < -0.3 is 4.90 Å². The molecule has 132 valence electrons. The average Bonchev–Trinajstić information content (AvgIpc) is 2.57. The number of carbonyl (C=O) groups excluding carboxylic acids is 1. The number of nitrogens with zero attached hydrogens (tertiary/aromatic N) is 2. The largest absolute Gasteiger partial charge is 0.340 e. The van der Waals surface area contributed by atoms with Crippen molar-refractivity contribution >= 4 is 46.6 Å². The van der Waals surface area contributed by atoms with E-state index < -0.39 is 4.92 Å². The van der Waals surface area contributed by atoms with Crippen LogP contribution in [0.1, 0.15) is 12.5 Å². The molecule has 1 amide bonds. The van der Waals surface area contributed by atoms with Crippen LogP contribution in [0.15, 0.2) is 47.4 Å². The molecule has 0 aliphatic carbocycles. The smallest absolute Gasteiger partial charge is 0.269 e. The summed E-state index contributed by atoms with van der Waals surface area (Å²) in [6, 6.07) is 11.3. The summed E-state index contributed by atoms with van der Waals surface area (Å²) >= 11 is 13.4.